The number of hydrogen-bond acceptors (Lipinski definition) is 4. The van der Waals surface area contributed by atoms with Gasteiger partial charge in [-0.1, -0.05) is 18.2 Å². The average Bonchev–Trinajstić information content (AvgIpc) is 3.44. The molecule has 31 heavy (non-hydrogen) atoms. The lowest BCUT2D eigenvalue weighted by Gasteiger charge is -2.40. The molecule has 0 aliphatic carbocycles. The summed E-state index contributed by atoms with van der Waals surface area (Å²) in [6, 6.07) is 13.6. The highest BCUT2D eigenvalue weighted by Gasteiger charge is 2.31. The van der Waals surface area contributed by atoms with Crippen LogP contribution in [-0.2, 0) is 12.8 Å². The van der Waals surface area contributed by atoms with Gasteiger partial charge < -0.3 is 19.8 Å². The molecular weight excluding hydrogens is 386 g/mol. The highest BCUT2D eigenvalue weighted by Crippen LogP contribution is 2.42. The molecule has 1 unspecified atom stereocenters. The lowest BCUT2D eigenvalue weighted by atomic mass is 9.86. The van der Waals surface area contributed by atoms with Gasteiger partial charge in [0.25, 0.3) is 0 Å². The van der Waals surface area contributed by atoms with Crippen LogP contribution >= 0.6 is 0 Å². The van der Waals surface area contributed by atoms with Crippen molar-refractivity contribution < 1.29 is 9.47 Å². The molecule has 6 rings (SSSR count). The molecule has 1 aromatic heterocycles. The van der Waals surface area contributed by atoms with E-state index >= 15 is 0 Å². The van der Waals surface area contributed by atoms with E-state index in [0.717, 1.165) is 56.3 Å². The van der Waals surface area contributed by atoms with E-state index in [9.17, 15) is 0 Å². The molecule has 0 saturated carbocycles. The van der Waals surface area contributed by atoms with Crippen molar-refractivity contribution in [1.82, 2.24) is 15.2 Å². The molecule has 1 fully saturated rings. The first-order valence-corrected chi connectivity index (χ1v) is 11.8. The standard InChI is InChI=1S/C26H31N3O2/c1-2-4-23-21(3-1)20(15-28-23)5-6-24-22-14-26-25(30-17-31-26)13-19(22)9-12-29(24)16-18-7-10-27-11-8-18/h1-4,13-15,18,24,27-28H,5-12,16-17H2. The summed E-state index contributed by atoms with van der Waals surface area (Å²) in [6.07, 6.45) is 8.08. The summed E-state index contributed by atoms with van der Waals surface area (Å²) >= 11 is 0. The van der Waals surface area contributed by atoms with Gasteiger partial charge >= 0.3 is 0 Å². The number of aryl methyl sites for hydroxylation is 1. The molecule has 2 aromatic carbocycles. The van der Waals surface area contributed by atoms with Gasteiger partial charge in [-0.15, -0.1) is 0 Å². The lowest BCUT2D eigenvalue weighted by molar-refractivity contribution is 0.135. The predicted molar refractivity (Wildman–Crippen MR) is 123 cm³/mol. The molecule has 1 atom stereocenters. The molecule has 4 heterocycles. The minimum absolute atomic E-state index is 0.344. The van der Waals surface area contributed by atoms with E-state index in [1.54, 1.807) is 0 Å². The zero-order chi connectivity index (χ0) is 20.6. The fourth-order valence-electron chi connectivity index (χ4n) is 5.73. The largest absolute Gasteiger partial charge is 0.454 e. The van der Waals surface area contributed by atoms with Crippen molar-refractivity contribution in [1.29, 1.82) is 0 Å². The topological polar surface area (TPSA) is 49.5 Å². The molecule has 3 aromatic rings. The fraction of sp³-hybridized carbons (Fsp3) is 0.462. The number of fused-ring (bicyclic) bond motifs is 3. The summed E-state index contributed by atoms with van der Waals surface area (Å²) in [4.78, 5) is 6.21. The van der Waals surface area contributed by atoms with Crippen molar-refractivity contribution in [2.75, 3.05) is 33.0 Å². The molecule has 2 N–H and O–H groups in total. The van der Waals surface area contributed by atoms with E-state index in [1.807, 2.05) is 0 Å². The molecule has 0 amide bonds. The summed E-state index contributed by atoms with van der Waals surface area (Å²) in [7, 11) is 0. The molecule has 0 spiro atoms. The quantitative estimate of drug-likeness (QED) is 0.645. The van der Waals surface area contributed by atoms with Crippen LogP contribution in [0.5, 0.6) is 11.5 Å². The molecule has 162 valence electrons. The van der Waals surface area contributed by atoms with Gasteiger partial charge in [0.15, 0.2) is 11.5 Å². The fourth-order valence-corrected chi connectivity index (χ4v) is 5.73. The first kappa shape index (κ1) is 19.2. The van der Waals surface area contributed by atoms with Crippen molar-refractivity contribution in [3.8, 4) is 11.5 Å². The number of piperidine rings is 1. The van der Waals surface area contributed by atoms with Gasteiger partial charge in [-0.2, -0.15) is 0 Å². The number of nitrogens with zero attached hydrogens (tertiary/aromatic N) is 1. The summed E-state index contributed by atoms with van der Waals surface area (Å²) in [5.41, 5.74) is 5.54. The number of hydrogen-bond donors (Lipinski definition) is 2. The van der Waals surface area contributed by atoms with Crippen molar-refractivity contribution in [3.05, 3.63) is 59.3 Å². The van der Waals surface area contributed by atoms with Crippen LogP contribution in [0.2, 0.25) is 0 Å². The zero-order valence-electron chi connectivity index (χ0n) is 18.0. The second kappa shape index (κ2) is 8.21. The molecule has 1 saturated heterocycles. The van der Waals surface area contributed by atoms with Crippen molar-refractivity contribution in [2.24, 2.45) is 5.92 Å². The molecule has 5 nitrogen and oxygen atoms in total. The molecular formula is C26H31N3O2. The number of aromatic amines is 1. The van der Waals surface area contributed by atoms with E-state index in [0.29, 0.717) is 12.8 Å². The number of nitrogens with one attached hydrogen (secondary N) is 2. The SMILES string of the molecule is c1ccc2c(CCC3c4cc5c(cc4CCN3CC3CCNCC3)OCO5)c[nH]c2c1. The normalized spacial score (nSPS) is 21.5. The van der Waals surface area contributed by atoms with Crippen LogP contribution < -0.4 is 14.8 Å². The number of rotatable bonds is 5. The van der Waals surface area contributed by atoms with Gasteiger partial charge in [0.05, 0.1) is 0 Å². The molecule has 3 aliphatic heterocycles. The summed E-state index contributed by atoms with van der Waals surface area (Å²) in [6.45, 7) is 5.00. The summed E-state index contributed by atoms with van der Waals surface area (Å²) < 4.78 is 11.4. The number of ether oxygens (including phenoxy) is 2. The highest BCUT2D eigenvalue weighted by molar-refractivity contribution is 5.83. The zero-order valence-corrected chi connectivity index (χ0v) is 18.0. The number of benzene rings is 2. The van der Waals surface area contributed by atoms with Crippen molar-refractivity contribution >= 4 is 10.9 Å². The number of H-pyrrole nitrogens is 1. The summed E-state index contributed by atoms with van der Waals surface area (Å²) in [5, 5.41) is 4.87. The van der Waals surface area contributed by atoms with Crippen LogP contribution in [0.1, 0.15) is 42.0 Å². The Morgan fingerprint density at radius 3 is 2.77 bits per heavy atom. The molecule has 0 bridgehead atoms. The third-order valence-corrected chi connectivity index (χ3v) is 7.42. The van der Waals surface area contributed by atoms with Gasteiger partial charge in [0, 0.05) is 36.2 Å². The first-order chi connectivity index (χ1) is 15.3. The summed E-state index contributed by atoms with van der Waals surface area (Å²) in [5.74, 6) is 2.63. The third kappa shape index (κ3) is 3.70. The molecule has 3 aliphatic rings. The third-order valence-electron chi connectivity index (χ3n) is 7.42. The Balaban J connectivity index is 1.29. The van der Waals surface area contributed by atoms with E-state index in [4.69, 9.17) is 9.47 Å². The predicted octanol–water partition coefficient (Wildman–Crippen LogP) is 4.43. The average molecular weight is 418 g/mol. The smallest absolute Gasteiger partial charge is 0.231 e. The highest BCUT2D eigenvalue weighted by atomic mass is 16.7. The maximum absolute atomic E-state index is 5.75. The second-order valence-corrected chi connectivity index (χ2v) is 9.26. The Morgan fingerprint density at radius 2 is 1.87 bits per heavy atom. The van der Waals surface area contributed by atoms with Crippen LogP contribution in [-0.4, -0.2) is 42.9 Å². The Morgan fingerprint density at radius 1 is 1.03 bits per heavy atom. The van der Waals surface area contributed by atoms with Crippen LogP contribution in [0.15, 0.2) is 42.6 Å². The van der Waals surface area contributed by atoms with Crippen LogP contribution in [0.4, 0.5) is 0 Å². The molecule has 5 heteroatoms. The Hall–Kier alpha value is -2.50. The van der Waals surface area contributed by atoms with Gasteiger partial charge in [-0.25, -0.2) is 0 Å². The lowest BCUT2D eigenvalue weighted by Crippen LogP contribution is -2.41. The van der Waals surface area contributed by atoms with Crippen molar-refractivity contribution in [2.45, 2.75) is 38.1 Å². The van der Waals surface area contributed by atoms with E-state index in [2.05, 4.69) is 57.8 Å². The van der Waals surface area contributed by atoms with E-state index in [1.165, 1.54) is 47.0 Å². The number of aromatic nitrogens is 1. The monoisotopic (exact) mass is 417 g/mol. The van der Waals surface area contributed by atoms with Crippen LogP contribution in [0, 0.1) is 5.92 Å². The minimum Gasteiger partial charge on any atom is -0.454 e. The van der Waals surface area contributed by atoms with E-state index in [-0.39, 0.29) is 0 Å². The Kier molecular flexibility index (Phi) is 5.09. The van der Waals surface area contributed by atoms with Gasteiger partial charge in [0.1, 0.15) is 0 Å². The molecule has 0 radical (unpaired) electrons. The van der Waals surface area contributed by atoms with Crippen LogP contribution in [0.3, 0.4) is 0 Å². The Bertz CT molecular complexity index is 1070. The van der Waals surface area contributed by atoms with Gasteiger partial charge in [0.2, 0.25) is 6.79 Å². The van der Waals surface area contributed by atoms with Crippen molar-refractivity contribution in [3.63, 3.8) is 0 Å². The maximum Gasteiger partial charge on any atom is 0.231 e. The van der Waals surface area contributed by atoms with E-state index < -0.39 is 0 Å². The number of para-hydroxylation sites is 1. The first-order valence-electron chi connectivity index (χ1n) is 11.8. The maximum atomic E-state index is 5.75. The Labute approximate surface area is 183 Å². The van der Waals surface area contributed by atoms with Gasteiger partial charge in [-0.3, -0.25) is 4.90 Å². The minimum atomic E-state index is 0.344. The van der Waals surface area contributed by atoms with Crippen LogP contribution in [0.25, 0.3) is 10.9 Å². The second-order valence-electron chi connectivity index (χ2n) is 9.26. The van der Waals surface area contributed by atoms with Gasteiger partial charge in [-0.05, 0) is 86.0 Å².